The van der Waals surface area contributed by atoms with Gasteiger partial charge in [0.1, 0.15) is 5.75 Å². The first-order valence-corrected chi connectivity index (χ1v) is 8.15. The predicted octanol–water partition coefficient (Wildman–Crippen LogP) is 2.91. The van der Waals surface area contributed by atoms with Gasteiger partial charge in [0.15, 0.2) is 6.61 Å². The minimum Gasteiger partial charge on any atom is -0.484 e. The summed E-state index contributed by atoms with van der Waals surface area (Å²) in [6, 6.07) is 11.6. The predicted molar refractivity (Wildman–Crippen MR) is 89.5 cm³/mol. The Morgan fingerprint density at radius 2 is 1.96 bits per heavy atom. The van der Waals surface area contributed by atoms with Crippen LogP contribution in [-0.4, -0.2) is 41.6 Å². The number of carbonyl (C=O) groups is 2. The van der Waals surface area contributed by atoms with Crippen molar-refractivity contribution in [1.29, 1.82) is 0 Å². The monoisotopic (exact) mass is 377 g/mol. The number of carbonyl (C=O) groups excluding carboxylic acids is 1. The average Bonchev–Trinajstić information content (AvgIpc) is 3.03. The Bertz CT molecular complexity index is 761. The van der Waals surface area contributed by atoms with E-state index < -0.39 is 11.9 Å². The molecule has 2 aromatic rings. The van der Waals surface area contributed by atoms with E-state index in [1.165, 1.54) is 0 Å². The highest BCUT2D eigenvalue weighted by molar-refractivity contribution is 9.10. The molecular formula is C17H16BrNO4. The molecule has 0 saturated carbocycles. The lowest BCUT2D eigenvalue weighted by Crippen LogP contribution is -2.33. The molecule has 120 valence electrons. The summed E-state index contributed by atoms with van der Waals surface area (Å²) >= 11 is 3.43. The van der Waals surface area contributed by atoms with Crippen molar-refractivity contribution in [2.75, 3.05) is 19.7 Å². The molecule has 1 aliphatic heterocycles. The molecule has 6 heteroatoms. The number of hydrogen-bond donors (Lipinski definition) is 1. The third-order valence-corrected chi connectivity index (χ3v) is 4.52. The molecule has 0 bridgehead atoms. The maximum atomic E-state index is 12.1. The number of hydrogen-bond acceptors (Lipinski definition) is 3. The van der Waals surface area contributed by atoms with Crippen molar-refractivity contribution >= 4 is 38.6 Å². The van der Waals surface area contributed by atoms with E-state index in [2.05, 4.69) is 15.9 Å². The largest absolute Gasteiger partial charge is 0.484 e. The van der Waals surface area contributed by atoms with Crippen LogP contribution in [0.4, 0.5) is 0 Å². The molecule has 0 spiro atoms. The number of aliphatic carboxylic acids is 1. The maximum Gasteiger partial charge on any atom is 0.308 e. The number of fused-ring (bicyclic) bond motifs is 1. The minimum atomic E-state index is -0.845. The van der Waals surface area contributed by atoms with E-state index in [0.717, 1.165) is 15.2 Å². The van der Waals surface area contributed by atoms with E-state index in [4.69, 9.17) is 9.84 Å². The summed E-state index contributed by atoms with van der Waals surface area (Å²) in [6.45, 7) is 0.669. The van der Waals surface area contributed by atoms with Gasteiger partial charge in [-0.05, 0) is 41.5 Å². The molecule has 1 saturated heterocycles. The van der Waals surface area contributed by atoms with Gasteiger partial charge >= 0.3 is 5.97 Å². The Labute approximate surface area is 142 Å². The fraction of sp³-hybridized carbons (Fsp3) is 0.294. The van der Waals surface area contributed by atoms with Gasteiger partial charge < -0.3 is 14.7 Å². The molecule has 1 atom stereocenters. The van der Waals surface area contributed by atoms with Crippen LogP contribution in [0.3, 0.4) is 0 Å². The minimum absolute atomic E-state index is 0.0750. The topological polar surface area (TPSA) is 66.8 Å². The van der Waals surface area contributed by atoms with E-state index in [1.54, 1.807) is 4.90 Å². The molecule has 1 amide bonds. The molecular weight excluding hydrogens is 362 g/mol. The Morgan fingerprint density at radius 3 is 2.70 bits per heavy atom. The lowest BCUT2D eigenvalue weighted by atomic mass is 10.1. The second-order valence-corrected chi connectivity index (χ2v) is 6.52. The zero-order valence-electron chi connectivity index (χ0n) is 12.4. The molecule has 1 unspecified atom stereocenters. The van der Waals surface area contributed by atoms with Gasteiger partial charge in [-0.2, -0.15) is 0 Å². The molecule has 0 radical (unpaired) electrons. The molecule has 3 rings (SSSR count). The Balaban J connectivity index is 1.61. The van der Waals surface area contributed by atoms with Crippen LogP contribution in [0.15, 0.2) is 40.9 Å². The zero-order valence-corrected chi connectivity index (χ0v) is 14.0. The van der Waals surface area contributed by atoms with Crippen LogP contribution < -0.4 is 4.74 Å². The van der Waals surface area contributed by atoms with Crippen LogP contribution in [0.2, 0.25) is 0 Å². The van der Waals surface area contributed by atoms with Crippen LogP contribution >= 0.6 is 15.9 Å². The molecule has 5 nitrogen and oxygen atoms in total. The summed E-state index contributed by atoms with van der Waals surface area (Å²) < 4.78 is 6.57. The molecule has 1 N–H and O–H groups in total. The fourth-order valence-electron chi connectivity index (χ4n) is 2.71. The SMILES string of the molecule is O=C(O)C1CCN(C(=O)COc2ccc3cc(Br)ccc3c2)C1. The normalized spacial score (nSPS) is 17.4. The van der Waals surface area contributed by atoms with Crippen molar-refractivity contribution in [2.45, 2.75) is 6.42 Å². The Hall–Kier alpha value is -2.08. The van der Waals surface area contributed by atoms with Crippen molar-refractivity contribution < 1.29 is 19.4 Å². The van der Waals surface area contributed by atoms with Crippen LogP contribution in [0.5, 0.6) is 5.75 Å². The van der Waals surface area contributed by atoms with E-state index in [1.807, 2.05) is 36.4 Å². The quantitative estimate of drug-likeness (QED) is 0.889. The first kappa shape index (κ1) is 15.8. The van der Waals surface area contributed by atoms with Crippen LogP contribution in [0, 0.1) is 5.92 Å². The zero-order chi connectivity index (χ0) is 16.4. The number of amides is 1. The van der Waals surface area contributed by atoms with Gasteiger partial charge in [-0.3, -0.25) is 9.59 Å². The van der Waals surface area contributed by atoms with Crippen molar-refractivity contribution in [3.63, 3.8) is 0 Å². The first-order valence-electron chi connectivity index (χ1n) is 7.35. The Kier molecular flexibility index (Phi) is 4.52. The third kappa shape index (κ3) is 3.64. The summed E-state index contributed by atoms with van der Waals surface area (Å²) in [4.78, 5) is 24.6. The molecule has 1 aliphatic rings. The number of carboxylic acid groups (broad SMARTS) is 1. The molecule has 0 aromatic heterocycles. The smallest absolute Gasteiger partial charge is 0.308 e. The van der Waals surface area contributed by atoms with Gasteiger partial charge in [0.05, 0.1) is 5.92 Å². The highest BCUT2D eigenvalue weighted by atomic mass is 79.9. The van der Waals surface area contributed by atoms with E-state index in [-0.39, 0.29) is 19.1 Å². The highest BCUT2D eigenvalue weighted by Gasteiger charge is 2.30. The molecule has 2 aromatic carbocycles. The van der Waals surface area contributed by atoms with Gasteiger partial charge in [-0.25, -0.2) is 0 Å². The number of halogens is 1. The van der Waals surface area contributed by atoms with E-state index >= 15 is 0 Å². The van der Waals surface area contributed by atoms with Crippen LogP contribution in [-0.2, 0) is 9.59 Å². The number of ether oxygens (including phenoxy) is 1. The average molecular weight is 378 g/mol. The second-order valence-electron chi connectivity index (χ2n) is 5.61. The van der Waals surface area contributed by atoms with Crippen molar-refractivity contribution in [3.8, 4) is 5.75 Å². The summed E-state index contributed by atoms with van der Waals surface area (Å²) in [7, 11) is 0. The van der Waals surface area contributed by atoms with Crippen LogP contribution in [0.25, 0.3) is 10.8 Å². The number of carboxylic acids is 1. The van der Waals surface area contributed by atoms with E-state index in [0.29, 0.717) is 18.7 Å². The lowest BCUT2D eigenvalue weighted by Gasteiger charge is -2.16. The van der Waals surface area contributed by atoms with Gasteiger partial charge in [0, 0.05) is 17.6 Å². The summed E-state index contributed by atoms with van der Waals surface area (Å²) in [5.41, 5.74) is 0. The molecule has 1 heterocycles. The number of nitrogens with zero attached hydrogens (tertiary/aromatic N) is 1. The highest BCUT2D eigenvalue weighted by Crippen LogP contribution is 2.24. The van der Waals surface area contributed by atoms with Crippen LogP contribution in [0.1, 0.15) is 6.42 Å². The Morgan fingerprint density at radius 1 is 1.22 bits per heavy atom. The first-order chi connectivity index (χ1) is 11.0. The lowest BCUT2D eigenvalue weighted by molar-refractivity contribution is -0.141. The van der Waals surface area contributed by atoms with Crippen molar-refractivity contribution in [2.24, 2.45) is 5.92 Å². The van der Waals surface area contributed by atoms with Gasteiger partial charge in [0.25, 0.3) is 5.91 Å². The number of benzene rings is 2. The molecule has 0 aliphatic carbocycles. The standard InChI is InChI=1S/C17H16BrNO4/c18-14-3-1-12-8-15(4-2-11(12)7-14)23-10-16(20)19-6-5-13(9-19)17(21)22/h1-4,7-8,13H,5-6,9-10H2,(H,21,22). The molecule has 23 heavy (non-hydrogen) atoms. The third-order valence-electron chi connectivity index (χ3n) is 4.03. The maximum absolute atomic E-state index is 12.1. The van der Waals surface area contributed by atoms with Crippen molar-refractivity contribution in [3.05, 3.63) is 40.9 Å². The van der Waals surface area contributed by atoms with E-state index in [9.17, 15) is 9.59 Å². The summed E-state index contributed by atoms with van der Waals surface area (Å²) in [5, 5.41) is 11.1. The number of likely N-dealkylation sites (tertiary alicyclic amines) is 1. The van der Waals surface area contributed by atoms with Gasteiger partial charge in [0.2, 0.25) is 0 Å². The molecule has 1 fully saturated rings. The van der Waals surface area contributed by atoms with Gasteiger partial charge in [-0.1, -0.05) is 28.1 Å². The van der Waals surface area contributed by atoms with Crippen molar-refractivity contribution in [1.82, 2.24) is 4.90 Å². The van der Waals surface area contributed by atoms with Gasteiger partial charge in [-0.15, -0.1) is 0 Å². The number of rotatable bonds is 4. The second kappa shape index (κ2) is 6.58. The summed E-state index contributed by atoms with van der Waals surface area (Å²) in [5.74, 6) is -0.855. The fourth-order valence-corrected chi connectivity index (χ4v) is 3.09. The summed E-state index contributed by atoms with van der Waals surface area (Å²) in [6.07, 6.45) is 0.506.